The van der Waals surface area contributed by atoms with Crippen LogP contribution in [0, 0.1) is 0 Å². The van der Waals surface area contributed by atoms with Gasteiger partial charge in [-0.2, -0.15) is 0 Å². The summed E-state index contributed by atoms with van der Waals surface area (Å²) in [5.74, 6) is -1.96. The largest absolute Gasteiger partial charge is 0.480 e. The van der Waals surface area contributed by atoms with Crippen LogP contribution >= 0.6 is 0 Å². The average Bonchev–Trinajstić information content (AvgIpc) is 2.35. The van der Waals surface area contributed by atoms with Gasteiger partial charge in [0, 0.05) is 6.92 Å². The Kier molecular flexibility index (Phi) is 7.84. The Morgan fingerprint density at radius 1 is 1.37 bits per heavy atom. The van der Waals surface area contributed by atoms with Crippen molar-refractivity contribution in [2.24, 2.45) is 0 Å². The maximum atomic E-state index is 10.9. The molecule has 0 saturated heterocycles. The number of aliphatic carboxylic acids is 1. The summed E-state index contributed by atoms with van der Waals surface area (Å²) in [4.78, 5) is 32.1. The normalized spacial score (nSPS) is 17.1. The van der Waals surface area contributed by atoms with Crippen molar-refractivity contribution in [3.8, 4) is 0 Å². The van der Waals surface area contributed by atoms with Gasteiger partial charge < -0.3 is 35.3 Å². The van der Waals surface area contributed by atoms with E-state index in [-0.39, 0.29) is 6.29 Å². The molecule has 0 aromatic carbocycles. The number of hydrogen-bond acceptors (Lipinski definition) is 7. The Balaban J connectivity index is 4.94. The van der Waals surface area contributed by atoms with Crippen molar-refractivity contribution in [2.75, 3.05) is 13.2 Å². The van der Waals surface area contributed by atoms with E-state index in [2.05, 4.69) is 5.32 Å². The molecule has 0 aromatic rings. The molecule has 0 aliphatic heterocycles. The fraction of sp³-hybridized carbons (Fsp3) is 0.700. The Labute approximate surface area is 108 Å². The first-order valence-electron chi connectivity index (χ1n) is 5.36. The van der Waals surface area contributed by atoms with Crippen LogP contribution in [0.4, 0.5) is 0 Å². The number of carbonyl (C=O) groups is 3. The van der Waals surface area contributed by atoms with Crippen LogP contribution < -0.4 is 5.32 Å². The van der Waals surface area contributed by atoms with Crippen LogP contribution in [0.5, 0.6) is 0 Å². The molecule has 0 aliphatic carbocycles. The van der Waals surface area contributed by atoms with Crippen LogP contribution in [0.15, 0.2) is 0 Å². The van der Waals surface area contributed by atoms with Gasteiger partial charge in [0.05, 0.1) is 6.61 Å². The zero-order valence-corrected chi connectivity index (χ0v) is 10.2. The third-order valence-corrected chi connectivity index (χ3v) is 2.19. The van der Waals surface area contributed by atoms with Crippen LogP contribution in [-0.2, 0) is 19.1 Å². The summed E-state index contributed by atoms with van der Waals surface area (Å²) in [5, 5.41) is 38.3. The molecule has 0 bridgehead atoms. The zero-order valence-electron chi connectivity index (χ0n) is 10.2. The van der Waals surface area contributed by atoms with E-state index < -0.39 is 49.4 Å². The van der Waals surface area contributed by atoms with E-state index in [0.29, 0.717) is 0 Å². The third kappa shape index (κ3) is 6.25. The van der Waals surface area contributed by atoms with E-state index in [4.69, 9.17) is 14.9 Å². The first-order valence-corrected chi connectivity index (χ1v) is 5.36. The molecular weight excluding hydrogens is 262 g/mol. The first-order chi connectivity index (χ1) is 8.83. The lowest BCUT2D eigenvalue weighted by Gasteiger charge is -2.29. The predicted octanol–water partition coefficient (Wildman–Crippen LogP) is -3.13. The predicted molar refractivity (Wildman–Crippen MR) is 60.1 cm³/mol. The number of hydrogen-bond donors (Lipinski definition) is 5. The smallest absolute Gasteiger partial charge is 0.329 e. The lowest BCUT2D eigenvalue weighted by atomic mass is 10.0. The molecule has 0 rings (SSSR count). The summed E-state index contributed by atoms with van der Waals surface area (Å²) >= 11 is 0. The molecule has 0 radical (unpaired) electrons. The van der Waals surface area contributed by atoms with Crippen molar-refractivity contribution >= 4 is 18.2 Å². The van der Waals surface area contributed by atoms with Gasteiger partial charge in [-0.25, -0.2) is 4.79 Å². The van der Waals surface area contributed by atoms with Gasteiger partial charge in [-0.05, 0) is 0 Å². The molecule has 0 heterocycles. The summed E-state index contributed by atoms with van der Waals surface area (Å²) in [6, 6.07) is -1.35. The maximum Gasteiger partial charge on any atom is 0.329 e. The number of amides is 1. The second-order valence-electron chi connectivity index (χ2n) is 3.77. The van der Waals surface area contributed by atoms with Crippen LogP contribution in [0.25, 0.3) is 0 Å². The minimum atomic E-state index is -1.74. The number of carbonyl (C=O) groups excluding carboxylic acids is 2. The fourth-order valence-electron chi connectivity index (χ4n) is 1.34. The highest BCUT2D eigenvalue weighted by atomic mass is 16.5. The van der Waals surface area contributed by atoms with Crippen molar-refractivity contribution in [2.45, 2.75) is 31.3 Å². The summed E-state index contributed by atoms with van der Waals surface area (Å²) < 4.78 is 4.78. The third-order valence-electron chi connectivity index (χ3n) is 2.19. The summed E-state index contributed by atoms with van der Waals surface area (Å²) in [7, 11) is 0. The van der Waals surface area contributed by atoms with Gasteiger partial charge in [-0.15, -0.1) is 0 Å². The van der Waals surface area contributed by atoms with Gasteiger partial charge in [-0.1, -0.05) is 0 Å². The van der Waals surface area contributed by atoms with E-state index in [1.54, 1.807) is 0 Å². The number of rotatable bonds is 9. The van der Waals surface area contributed by atoms with Crippen LogP contribution in [0.3, 0.4) is 0 Å². The van der Waals surface area contributed by atoms with Crippen molar-refractivity contribution in [3.63, 3.8) is 0 Å². The van der Waals surface area contributed by atoms with Crippen molar-refractivity contribution in [3.05, 3.63) is 0 Å². The Hall–Kier alpha value is -1.55. The Morgan fingerprint density at radius 2 is 1.95 bits per heavy atom. The number of nitrogens with one attached hydrogen (secondary N) is 1. The van der Waals surface area contributed by atoms with E-state index in [0.717, 1.165) is 6.92 Å². The van der Waals surface area contributed by atoms with E-state index in [1.807, 2.05) is 0 Å². The summed E-state index contributed by atoms with van der Waals surface area (Å²) in [6.45, 7) is -0.552. The SMILES string of the molecule is CC(=O)N[C@@H](C=O)[C@@H](OCC(=O)O)[C@H](O)[C@H](O)CO. The van der Waals surface area contributed by atoms with Gasteiger partial charge in [0.1, 0.15) is 37.2 Å². The van der Waals surface area contributed by atoms with Crippen LogP contribution in [-0.4, -0.2) is 76.2 Å². The molecule has 0 aromatic heterocycles. The fourth-order valence-corrected chi connectivity index (χ4v) is 1.34. The summed E-state index contributed by atoms with van der Waals surface area (Å²) in [6.07, 6.45) is -4.65. The van der Waals surface area contributed by atoms with Crippen LogP contribution in [0.1, 0.15) is 6.92 Å². The average molecular weight is 279 g/mol. The second kappa shape index (κ2) is 8.53. The van der Waals surface area contributed by atoms with Gasteiger partial charge in [0.15, 0.2) is 0 Å². The maximum absolute atomic E-state index is 10.9. The standard InChI is InChI=1S/C10H17NO8/c1-5(14)11-6(2-12)10(19-4-8(16)17)9(18)7(15)3-13/h2,6-7,9-10,13,15,18H,3-4H2,1H3,(H,11,14)(H,16,17)/t6-,7+,9+,10+/m0/s1. The van der Waals surface area contributed by atoms with Gasteiger partial charge in [-0.3, -0.25) is 4.79 Å². The molecule has 0 saturated carbocycles. The molecule has 19 heavy (non-hydrogen) atoms. The van der Waals surface area contributed by atoms with Crippen molar-refractivity contribution in [1.82, 2.24) is 5.32 Å². The minimum absolute atomic E-state index is 0.237. The van der Waals surface area contributed by atoms with Crippen molar-refractivity contribution in [1.29, 1.82) is 0 Å². The number of aldehydes is 1. The molecule has 110 valence electrons. The van der Waals surface area contributed by atoms with Crippen molar-refractivity contribution < 1.29 is 39.5 Å². The highest BCUT2D eigenvalue weighted by Gasteiger charge is 2.34. The van der Waals surface area contributed by atoms with E-state index in [9.17, 15) is 24.6 Å². The molecule has 0 fully saturated rings. The topological polar surface area (TPSA) is 153 Å². The highest BCUT2D eigenvalue weighted by molar-refractivity contribution is 5.77. The number of aliphatic hydroxyl groups is 3. The minimum Gasteiger partial charge on any atom is -0.480 e. The van der Waals surface area contributed by atoms with Gasteiger partial charge in [0.25, 0.3) is 0 Å². The molecule has 1 amide bonds. The molecule has 0 spiro atoms. The quantitative estimate of drug-likeness (QED) is 0.278. The lowest BCUT2D eigenvalue weighted by molar-refractivity contribution is -0.156. The number of carboxylic acid groups (broad SMARTS) is 1. The van der Waals surface area contributed by atoms with E-state index in [1.165, 1.54) is 0 Å². The highest BCUT2D eigenvalue weighted by Crippen LogP contribution is 2.09. The molecule has 0 unspecified atom stereocenters. The molecule has 9 heteroatoms. The summed E-state index contributed by atoms with van der Waals surface area (Å²) in [5.41, 5.74) is 0. The second-order valence-corrected chi connectivity index (χ2v) is 3.77. The molecular formula is C10H17NO8. The van der Waals surface area contributed by atoms with E-state index >= 15 is 0 Å². The molecule has 4 atom stereocenters. The first kappa shape index (κ1) is 17.4. The number of aliphatic hydroxyl groups excluding tert-OH is 3. The zero-order chi connectivity index (χ0) is 15.0. The Bertz CT molecular complexity index is 321. The lowest BCUT2D eigenvalue weighted by Crippen LogP contribution is -2.54. The molecule has 5 N–H and O–H groups in total. The van der Waals surface area contributed by atoms with Crippen LogP contribution in [0.2, 0.25) is 0 Å². The number of carboxylic acids is 1. The van der Waals surface area contributed by atoms with Gasteiger partial charge >= 0.3 is 5.97 Å². The Morgan fingerprint density at radius 3 is 2.32 bits per heavy atom. The number of ether oxygens (including phenoxy) is 1. The molecule has 0 aliphatic rings. The molecule has 9 nitrogen and oxygen atoms in total. The monoisotopic (exact) mass is 279 g/mol. The van der Waals surface area contributed by atoms with Gasteiger partial charge in [0.2, 0.25) is 5.91 Å².